The highest BCUT2D eigenvalue weighted by Gasteiger charge is 2.35. The van der Waals surface area contributed by atoms with E-state index in [1.54, 1.807) is 12.1 Å². The fourth-order valence-corrected chi connectivity index (χ4v) is 2.63. The van der Waals surface area contributed by atoms with Gasteiger partial charge in [-0.3, -0.25) is 10.1 Å². The molecule has 1 aromatic rings. The maximum atomic E-state index is 11.2. The van der Waals surface area contributed by atoms with E-state index in [9.17, 15) is 15.2 Å². The van der Waals surface area contributed by atoms with Crippen molar-refractivity contribution in [3.63, 3.8) is 0 Å². The van der Waals surface area contributed by atoms with Crippen LogP contribution in [0.25, 0.3) is 0 Å². The zero-order valence-corrected chi connectivity index (χ0v) is 10.6. The molecule has 0 saturated carbocycles. The van der Waals surface area contributed by atoms with E-state index in [0.717, 1.165) is 6.42 Å². The first-order chi connectivity index (χ1) is 9.10. The van der Waals surface area contributed by atoms with Crippen molar-refractivity contribution in [3.8, 4) is 6.07 Å². The first-order valence-electron chi connectivity index (χ1n) is 6.15. The molecule has 0 spiro atoms. The van der Waals surface area contributed by atoms with Crippen LogP contribution >= 0.6 is 0 Å². The molecule has 1 saturated heterocycles. The highest BCUT2D eigenvalue weighted by atomic mass is 16.6. The molecule has 1 aliphatic rings. The van der Waals surface area contributed by atoms with Crippen molar-refractivity contribution in [2.75, 3.05) is 18.1 Å². The average molecular weight is 261 g/mol. The fourth-order valence-electron chi connectivity index (χ4n) is 2.63. The van der Waals surface area contributed by atoms with Crippen molar-refractivity contribution in [2.45, 2.75) is 19.4 Å². The van der Waals surface area contributed by atoms with Crippen LogP contribution in [0.1, 0.15) is 18.9 Å². The molecular weight excluding hydrogens is 246 g/mol. The van der Waals surface area contributed by atoms with Gasteiger partial charge in [-0.25, -0.2) is 0 Å². The summed E-state index contributed by atoms with van der Waals surface area (Å²) in [5, 5.41) is 29.6. The Balaban J connectivity index is 2.51. The van der Waals surface area contributed by atoms with Crippen molar-refractivity contribution in [3.05, 3.63) is 33.9 Å². The SMILES string of the molecule is CC1CCN(c2cccc(C#N)c2[N+](=O)[O-])C1CO. The van der Waals surface area contributed by atoms with Crippen LogP contribution in [0.2, 0.25) is 0 Å². The number of nitro groups is 1. The van der Waals surface area contributed by atoms with Crippen molar-refractivity contribution >= 4 is 11.4 Å². The molecule has 0 bridgehead atoms. The lowest BCUT2D eigenvalue weighted by Gasteiger charge is -2.27. The first-order valence-corrected chi connectivity index (χ1v) is 6.15. The number of hydrogen-bond acceptors (Lipinski definition) is 5. The number of nitrogens with zero attached hydrogens (tertiary/aromatic N) is 3. The summed E-state index contributed by atoms with van der Waals surface area (Å²) in [7, 11) is 0. The molecule has 2 rings (SSSR count). The number of nitriles is 1. The van der Waals surface area contributed by atoms with Gasteiger partial charge in [-0.05, 0) is 24.5 Å². The normalized spacial score (nSPS) is 22.3. The Bertz CT molecular complexity index is 538. The Morgan fingerprint density at radius 3 is 2.95 bits per heavy atom. The van der Waals surface area contributed by atoms with Gasteiger partial charge in [-0.1, -0.05) is 13.0 Å². The van der Waals surface area contributed by atoms with Crippen LogP contribution in [-0.2, 0) is 0 Å². The Kier molecular flexibility index (Phi) is 3.67. The highest BCUT2D eigenvalue weighted by Crippen LogP contribution is 2.37. The molecule has 19 heavy (non-hydrogen) atoms. The first kappa shape index (κ1) is 13.3. The molecule has 0 aromatic heterocycles. The third kappa shape index (κ3) is 2.25. The molecular formula is C13H15N3O3. The Hall–Kier alpha value is -2.13. The Morgan fingerprint density at radius 1 is 1.63 bits per heavy atom. The summed E-state index contributed by atoms with van der Waals surface area (Å²) < 4.78 is 0. The summed E-state index contributed by atoms with van der Waals surface area (Å²) in [5.41, 5.74) is 0.309. The minimum absolute atomic E-state index is 0.0465. The third-order valence-corrected chi connectivity index (χ3v) is 3.70. The molecule has 0 radical (unpaired) electrons. The molecule has 0 aliphatic carbocycles. The molecule has 6 heteroatoms. The van der Waals surface area contributed by atoms with E-state index < -0.39 is 4.92 Å². The lowest BCUT2D eigenvalue weighted by molar-refractivity contribution is -0.384. The van der Waals surface area contributed by atoms with Crippen LogP contribution in [0, 0.1) is 27.4 Å². The lowest BCUT2D eigenvalue weighted by atomic mass is 10.0. The van der Waals surface area contributed by atoms with Crippen molar-refractivity contribution < 1.29 is 10.0 Å². The smallest absolute Gasteiger partial charge is 0.310 e. The molecule has 2 atom stereocenters. The minimum Gasteiger partial charge on any atom is -0.394 e. The van der Waals surface area contributed by atoms with E-state index in [-0.39, 0.29) is 29.8 Å². The van der Waals surface area contributed by atoms with Gasteiger partial charge in [-0.15, -0.1) is 0 Å². The van der Waals surface area contributed by atoms with Gasteiger partial charge in [0.2, 0.25) is 0 Å². The monoisotopic (exact) mass is 261 g/mol. The number of hydrogen-bond donors (Lipinski definition) is 1. The number of para-hydroxylation sites is 1. The summed E-state index contributed by atoms with van der Waals surface area (Å²) >= 11 is 0. The van der Waals surface area contributed by atoms with Crippen LogP contribution in [0.15, 0.2) is 18.2 Å². The summed E-state index contributed by atoms with van der Waals surface area (Å²) in [6.45, 7) is 2.62. The predicted molar refractivity (Wildman–Crippen MR) is 69.8 cm³/mol. The predicted octanol–water partition coefficient (Wildman–Crippen LogP) is 1.67. The van der Waals surface area contributed by atoms with Crippen LogP contribution in [0.4, 0.5) is 11.4 Å². The van der Waals surface area contributed by atoms with Gasteiger partial charge in [0.05, 0.1) is 17.6 Å². The van der Waals surface area contributed by atoms with Crippen molar-refractivity contribution in [1.82, 2.24) is 0 Å². The van der Waals surface area contributed by atoms with Crippen LogP contribution in [0.5, 0.6) is 0 Å². The average Bonchev–Trinajstić information content (AvgIpc) is 2.78. The zero-order chi connectivity index (χ0) is 14.0. The van der Waals surface area contributed by atoms with Crippen LogP contribution in [-0.4, -0.2) is 29.2 Å². The van der Waals surface area contributed by atoms with Gasteiger partial charge in [-0.2, -0.15) is 5.26 Å². The number of benzene rings is 1. The standard InChI is InChI=1S/C13H15N3O3/c1-9-5-6-15(12(9)8-17)11-4-2-3-10(7-14)13(11)16(18)19/h2-4,9,12,17H,5-6,8H2,1H3. The molecule has 1 aromatic carbocycles. The van der Waals surface area contributed by atoms with Gasteiger partial charge >= 0.3 is 5.69 Å². The third-order valence-electron chi connectivity index (χ3n) is 3.70. The maximum Gasteiger partial charge on any atom is 0.310 e. The molecule has 1 N–H and O–H groups in total. The van der Waals surface area contributed by atoms with E-state index in [1.807, 2.05) is 17.9 Å². The molecule has 0 amide bonds. The number of aliphatic hydroxyl groups excluding tert-OH is 1. The van der Waals surface area contributed by atoms with E-state index in [4.69, 9.17) is 5.26 Å². The second kappa shape index (κ2) is 5.24. The van der Waals surface area contributed by atoms with Crippen LogP contribution in [0.3, 0.4) is 0 Å². The Morgan fingerprint density at radius 2 is 2.37 bits per heavy atom. The quantitative estimate of drug-likeness (QED) is 0.660. The summed E-state index contributed by atoms with van der Waals surface area (Å²) in [4.78, 5) is 12.5. The number of nitro benzene ring substituents is 1. The van der Waals surface area contributed by atoms with E-state index in [0.29, 0.717) is 12.2 Å². The van der Waals surface area contributed by atoms with Crippen molar-refractivity contribution in [2.24, 2.45) is 5.92 Å². The van der Waals surface area contributed by atoms with Crippen molar-refractivity contribution in [1.29, 1.82) is 5.26 Å². The van der Waals surface area contributed by atoms with E-state index >= 15 is 0 Å². The molecule has 100 valence electrons. The van der Waals surface area contributed by atoms with Gasteiger partial charge in [0, 0.05) is 6.54 Å². The molecule has 6 nitrogen and oxygen atoms in total. The van der Waals surface area contributed by atoms with E-state index in [1.165, 1.54) is 6.07 Å². The second-order valence-electron chi connectivity index (χ2n) is 4.75. The largest absolute Gasteiger partial charge is 0.394 e. The topological polar surface area (TPSA) is 90.4 Å². The summed E-state index contributed by atoms with van der Waals surface area (Å²) in [5.74, 6) is 0.273. The molecule has 1 aliphatic heterocycles. The maximum absolute atomic E-state index is 11.2. The summed E-state index contributed by atoms with van der Waals surface area (Å²) in [6.07, 6.45) is 0.874. The molecule has 1 fully saturated rings. The van der Waals surface area contributed by atoms with Gasteiger partial charge < -0.3 is 10.0 Å². The number of aliphatic hydroxyl groups is 1. The fraction of sp³-hybridized carbons (Fsp3) is 0.462. The molecule has 2 unspecified atom stereocenters. The highest BCUT2D eigenvalue weighted by molar-refractivity contribution is 5.70. The Labute approximate surface area is 111 Å². The second-order valence-corrected chi connectivity index (χ2v) is 4.75. The number of rotatable bonds is 3. The van der Waals surface area contributed by atoms with Crippen LogP contribution < -0.4 is 4.90 Å². The zero-order valence-electron chi connectivity index (χ0n) is 10.6. The van der Waals surface area contributed by atoms with E-state index in [2.05, 4.69) is 0 Å². The van der Waals surface area contributed by atoms with Gasteiger partial charge in [0.1, 0.15) is 17.3 Å². The number of anilines is 1. The minimum atomic E-state index is -0.523. The lowest BCUT2D eigenvalue weighted by Crippen LogP contribution is -2.35. The summed E-state index contributed by atoms with van der Waals surface area (Å²) in [6, 6.07) is 6.44. The molecule has 1 heterocycles. The van der Waals surface area contributed by atoms with Gasteiger partial charge in [0.15, 0.2) is 0 Å². The van der Waals surface area contributed by atoms with Gasteiger partial charge in [0.25, 0.3) is 0 Å².